The van der Waals surface area contributed by atoms with Gasteiger partial charge in [-0.05, 0) is 31.6 Å². The normalized spacial score (nSPS) is 12.5. The van der Waals surface area contributed by atoms with E-state index in [1.807, 2.05) is 0 Å². The molecule has 0 heterocycles. The van der Waals surface area contributed by atoms with Crippen LogP contribution in [0.15, 0.2) is 12.2 Å². The molecule has 17 heavy (non-hydrogen) atoms. The van der Waals surface area contributed by atoms with E-state index >= 15 is 0 Å². The van der Waals surface area contributed by atoms with Gasteiger partial charge in [0, 0.05) is 0 Å². The molecule has 0 aromatic carbocycles. The van der Waals surface area contributed by atoms with Gasteiger partial charge in [0.05, 0.1) is 0 Å². The summed E-state index contributed by atoms with van der Waals surface area (Å²) in [7, 11) is 0. The van der Waals surface area contributed by atoms with Gasteiger partial charge in [-0.2, -0.15) is 0 Å². The summed E-state index contributed by atoms with van der Waals surface area (Å²) in [5, 5.41) is 0. The zero-order valence-corrected chi connectivity index (χ0v) is 12.7. The molecule has 0 N–H and O–H groups in total. The molecule has 0 atom stereocenters. The molecule has 0 aromatic heterocycles. The van der Waals surface area contributed by atoms with Gasteiger partial charge in [0.2, 0.25) is 0 Å². The molecule has 0 spiro atoms. The van der Waals surface area contributed by atoms with Gasteiger partial charge in [-0.1, -0.05) is 77.9 Å². The Morgan fingerprint density at radius 2 is 1.18 bits per heavy atom. The van der Waals surface area contributed by atoms with Crippen molar-refractivity contribution in [2.45, 2.75) is 91.9 Å². The van der Waals surface area contributed by atoms with Crippen LogP contribution in [-0.2, 0) is 0 Å². The van der Waals surface area contributed by atoms with E-state index in [-0.39, 0.29) is 0 Å². The van der Waals surface area contributed by atoms with E-state index in [0.717, 1.165) is 0 Å². The molecular formula is C17H34. The van der Waals surface area contributed by atoms with Gasteiger partial charge in [0.15, 0.2) is 0 Å². The lowest BCUT2D eigenvalue weighted by Crippen LogP contribution is -2.03. The van der Waals surface area contributed by atoms with Gasteiger partial charge in [-0.3, -0.25) is 0 Å². The van der Waals surface area contributed by atoms with Gasteiger partial charge < -0.3 is 0 Å². The van der Waals surface area contributed by atoms with Crippen molar-refractivity contribution in [2.24, 2.45) is 5.41 Å². The predicted octanol–water partition coefficient (Wildman–Crippen LogP) is 6.51. The maximum Gasteiger partial charge on any atom is -0.0351 e. The minimum absolute atomic E-state index is 0.535. The van der Waals surface area contributed by atoms with Crippen LogP contribution >= 0.6 is 0 Å². The summed E-state index contributed by atoms with van der Waals surface area (Å²) in [5.74, 6) is 0. The lowest BCUT2D eigenvalue weighted by atomic mass is 9.89. The number of allylic oxidation sites excluding steroid dienone is 2. The van der Waals surface area contributed by atoms with E-state index < -0.39 is 0 Å². The molecule has 0 nitrogen and oxygen atoms in total. The molecule has 0 heteroatoms. The molecule has 0 rings (SSSR count). The SMILES string of the molecule is C/C=C/CCCCCCCCCCC(C)(C)C. The third-order valence-corrected chi connectivity index (χ3v) is 3.28. The smallest absolute Gasteiger partial charge is 0.0351 e. The summed E-state index contributed by atoms with van der Waals surface area (Å²) in [5.41, 5.74) is 0.535. The van der Waals surface area contributed by atoms with E-state index in [1.165, 1.54) is 64.2 Å². The first kappa shape index (κ1) is 16.7. The standard InChI is InChI=1S/C17H34/c1-5-6-7-8-9-10-11-12-13-14-15-16-17(2,3)4/h5-6H,7-16H2,1-4H3/b6-5+. The van der Waals surface area contributed by atoms with Crippen LogP contribution in [0.2, 0.25) is 0 Å². The minimum Gasteiger partial charge on any atom is -0.0917 e. The highest BCUT2D eigenvalue weighted by molar-refractivity contribution is 4.76. The predicted molar refractivity (Wildman–Crippen MR) is 80.4 cm³/mol. The molecule has 0 saturated heterocycles. The fourth-order valence-corrected chi connectivity index (χ4v) is 2.14. The highest BCUT2D eigenvalue weighted by Gasteiger charge is 2.08. The number of hydrogen-bond donors (Lipinski definition) is 0. The Balaban J connectivity index is 3.04. The zero-order valence-electron chi connectivity index (χ0n) is 12.7. The first-order chi connectivity index (χ1) is 8.06. The van der Waals surface area contributed by atoms with E-state index in [0.29, 0.717) is 5.41 Å². The van der Waals surface area contributed by atoms with Crippen LogP contribution in [0.25, 0.3) is 0 Å². The maximum atomic E-state index is 2.34. The Kier molecular flexibility index (Phi) is 10.7. The van der Waals surface area contributed by atoms with Gasteiger partial charge in [0.1, 0.15) is 0 Å². The van der Waals surface area contributed by atoms with Gasteiger partial charge in [0.25, 0.3) is 0 Å². The number of rotatable bonds is 10. The molecule has 0 radical (unpaired) electrons. The third-order valence-electron chi connectivity index (χ3n) is 3.28. The van der Waals surface area contributed by atoms with Crippen LogP contribution in [0.1, 0.15) is 91.9 Å². The number of unbranched alkanes of at least 4 members (excludes halogenated alkanes) is 8. The quantitative estimate of drug-likeness (QED) is 0.300. The average Bonchev–Trinajstić information content (AvgIpc) is 2.24. The molecule has 0 saturated carbocycles. The largest absolute Gasteiger partial charge is 0.0917 e. The van der Waals surface area contributed by atoms with Gasteiger partial charge in [-0.15, -0.1) is 0 Å². The molecule has 0 amide bonds. The van der Waals surface area contributed by atoms with E-state index in [2.05, 4.69) is 39.8 Å². The maximum absolute atomic E-state index is 2.34. The summed E-state index contributed by atoms with van der Waals surface area (Å²) < 4.78 is 0. The fourth-order valence-electron chi connectivity index (χ4n) is 2.14. The molecule has 0 bridgehead atoms. The lowest BCUT2D eigenvalue weighted by molar-refractivity contribution is 0.356. The Morgan fingerprint density at radius 3 is 1.65 bits per heavy atom. The van der Waals surface area contributed by atoms with Crippen LogP contribution < -0.4 is 0 Å². The van der Waals surface area contributed by atoms with Crippen molar-refractivity contribution >= 4 is 0 Å². The Hall–Kier alpha value is -0.260. The third kappa shape index (κ3) is 15.7. The monoisotopic (exact) mass is 238 g/mol. The molecule has 0 aliphatic carbocycles. The van der Waals surface area contributed by atoms with Crippen molar-refractivity contribution in [3.8, 4) is 0 Å². The van der Waals surface area contributed by atoms with Crippen molar-refractivity contribution < 1.29 is 0 Å². The summed E-state index contributed by atoms with van der Waals surface area (Å²) in [6, 6.07) is 0. The highest BCUT2D eigenvalue weighted by Crippen LogP contribution is 2.22. The Bertz CT molecular complexity index is 171. The summed E-state index contributed by atoms with van der Waals surface area (Å²) >= 11 is 0. The van der Waals surface area contributed by atoms with Crippen LogP contribution in [0.4, 0.5) is 0 Å². The molecule has 0 aliphatic rings. The van der Waals surface area contributed by atoms with Crippen LogP contribution in [0.3, 0.4) is 0 Å². The molecule has 0 aliphatic heterocycles. The second-order valence-corrected chi connectivity index (χ2v) is 6.50. The van der Waals surface area contributed by atoms with Gasteiger partial charge in [-0.25, -0.2) is 0 Å². The van der Waals surface area contributed by atoms with E-state index in [4.69, 9.17) is 0 Å². The number of hydrogen-bond acceptors (Lipinski definition) is 0. The molecule has 102 valence electrons. The molecule has 0 aromatic rings. The van der Waals surface area contributed by atoms with Crippen molar-refractivity contribution in [1.82, 2.24) is 0 Å². The minimum atomic E-state index is 0.535. The van der Waals surface area contributed by atoms with Crippen molar-refractivity contribution in [1.29, 1.82) is 0 Å². The summed E-state index contributed by atoms with van der Waals surface area (Å²) in [6.07, 6.45) is 18.6. The van der Waals surface area contributed by atoms with Crippen LogP contribution in [0.5, 0.6) is 0 Å². The second kappa shape index (κ2) is 10.9. The van der Waals surface area contributed by atoms with E-state index in [1.54, 1.807) is 0 Å². The highest BCUT2D eigenvalue weighted by atomic mass is 14.1. The lowest BCUT2D eigenvalue weighted by Gasteiger charge is -2.17. The second-order valence-electron chi connectivity index (χ2n) is 6.50. The first-order valence-corrected chi connectivity index (χ1v) is 7.67. The summed E-state index contributed by atoms with van der Waals surface area (Å²) in [4.78, 5) is 0. The average molecular weight is 238 g/mol. The Labute approximate surface area is 110 Å². The van der Waals surface area contributed by atoms with Crippen molar-refractivity contribution in [3.05, 3.63) is 12.2 Å². The molecule has 0 unspecified atom stereocenters. The van der Waals surface area contributed by atoms with Crippen LogP contribution in [0, 0.1) is 5.41 Å². The summed E-state index contributed by atoms with van der Waals surface area (Å²) in [6.45, 7) is 9.14. The molecular weight excluding hydrogens is 204 g/mol. The Morgan fingerprint density at radius 1 is 0.706 bits per heavy atom. The fraction of sp³-hybridized carbons (Fsp3) is 0.882. The van der Waals surface area contributed by atoms with Crippen LogP contribution in [-0.4, -0.2) is 0 Å². The zero-order chi connectivity index (χ0) is 13.0. The first-order valence-electron chi connectivity index (χ1n) is 7.67. The van der Waals surface area contributed by atoms with E-state index in [9.17, 15) is 0 Å². The van der Waals surface area contributed by atoms with Crippen molar-refractivity contribution in [3.63, 3.8) is 0 Å². The van der Waals surface area contributed by atoms with Gasteiger partial charge >= 0.3 is 0 Å². The topological polar surface area (TPSA) is 0 Å². The molecule has 0 fully saturated rings. The van der Waals surface area contributed by atoms with Crippen molar-refractivity contribution in [2.75, 3.05) is 0 Å².